The number of aromatic nitrogens is 2. The van der Waals surface area contributed by atoms with Gasteiger partial charge in [-0.3, -0.25) is 9.58 Å². The van der Waals surface area contributed by atoms with Gasteiger partial charge in [0.15, 0.2) is 0 Å². The molecule has 0 bridgehead atoms. The summed E-state index contributed by atoms with van der Waals surface area (Å²) in [5, 5.41) is 7.11. The van der Waals surface area contributed by atoms with Gasteiger partial charge in [-0.05, 0) is 12.5 Å². The van der Waals surface area contributed by atoms with Crippen molar-refractivity contribution in [1.82, 2.24) is 24.9 Å². The highest BCUT2D eigenvalue weighted by Gasteiger charge is 2.27. The van der Waals surface area contributed by atoms with Gasteiger partial charge in [0.05, 0.1) is 6.20 Å². The first kappa shape index (κ1) is 16.5. The first-order valence-corrected chi connectivity index (χ1v) is 8.40. The maximum Gasteiger partial charge on any atom is 0.317 e. The fourth-order valence-electron chi connectivity index (χ4n) is 3.16. The van der Waals surface area contributed by atoms with Crippen molar-refractivity contribution >= 4 is 6.03 Å². The number of carbonyl (C=O) groups excluding carboxylic acids is 1. The SMILES string of the molecule is C[C@H]1CN(Cc2ccccc2)CCN1C(=O)NCc1cnn(C)c1. The fourth-order valence-corrected chi connectivity index (χ4v) is 3.16. The highest BCUT2D eigenvalue weighted by atomic mass is 16.2. The Kier molecular flexibility index (Phi) is 5.15. The molecule has 0 aliphatic carbocycles. The van der Waals surface area contributed by atoms with Gasteiger partial charge in [-0.1, -0.05) is 30.3 Å². The van der Waals surface area contributed by atoms with E-state index in [2.05, 4.69) is 46.5 Å². The summed E-state index contributed by atoms with van der Waals surface area (Å²) in [6, 6.07) is 10.7. The molecule has 1 aromatic carbocycles. The normalized spacial score (nSPS) is 18.6. The molecule has 1 saturated heterocycles. The van der Waals surface area contributed by atoms with Crippen LogP contribution in [0.25, 0.3) is 0 Å². The number of benzene rings is 1. The molecule has 6 heteroatoms. The van der Waals surface area contributed by atoms with Crippen LogP contribution < -0.4 is 5.32 Å². The van der Waals surface area contributed by atoms with Crippen LogP contribution in [0.3, 0.4) is 0 Å². The molecule has 1 fully saturated rings. The largest absolute Gasteiger partial charge is 0.334 e. The van der Waals surface area contributed by atoms with Crippen molar-refractivity contribution in [2.75, 3.05) is 19.6 Å². The monoisotopic (exact) mass is 327 g/mol. The summed E-state index contributed by atoms with van der Waals surface area (Å²) in [5.74, 6) is 0. The number of carbonyl (C=O) groups is 1. The Bertz CT molecular complexity index is 669. The van der Waals surface area contributed by atoms with Crippen molar-refractivity contribution in [3.8, 4) is 0 Å². The van der Waals surface area contributed by atoms with Crippen molar-refractivity contribution in [3.63, 3.8) is 0 Å². The Morgan fingerprint density at radius 1 is 1.25 bits per heavy atom. The van der Waals surface area contributed by atoms with Gasteiger partial charge in [0, 0.05) is 57.6 Å². The third-order valence-electron chi connectivity index (χ3n) is 4.42. The highest BCUT2D eigenvalue weighted by molar-refractivity contribution is 5.74. The van der Waals surface area contributed by atoms with E-state index in [1.165, 1.54) is 5.56 Å². The van der Waals surface area contributed by atoms with E-state index in [1.807, 2.05) is 24.2 Å². The lowest BCUT2D eigenvalue weighted by Gasteiger charge is -2.39. The Morgan fingerprint density at radius 3 is 2.71 bits per heavy atom. The molecule has 6 nitrogen and oxygen atoms in total. The molecule has 2 amide bonds. The summed E-state index contributed by atoms with van der Waals surface area (Å²) < 4.78 is 1.74. The standard InChI is InChI=1S/C18H25N5O/c1-15-12-22(14-16-6-4-3-5-7-16)8-9-23(15)18(24)19-10-17-11-20-21(2)13-17/h3-7,11,13,15H,8-10,12,14H2,1-2H3,(H,19,24)/t15-/m0/s1. The zero-order valence-corrected chi connectivity index (χ0v) is 14.4. The smallest absolute Gasteiger partial charge is 0.317 e. The van der Waals surface area contributed by atoms with Gasteiger partial charge < -0.3 is 10.2 Å². The maximum atomic E-state index is 12.4. The zero-order valence-electron chi connectivity index (χ0n) is 14.4. The van der Waals surface area contributed by atoms with E-state index in [0.29, 0.717) is 6.54 Å². The molecule has 0 unspecified atom stereocenters. The van der Waals surface area contributed by atoms with Crippen molar-refractivity contribution < 1.29 is 4.79 Å². The number of piperazine rings is 1. The highest BCUT2D eigenvalue weighted by Crippen LogP contribution is 2.13. The summed E-state index contributed by atoms with van der Waals surface area (Å²) in [5.41, 5.74) is 2.33. The summed E-state index contributed by atoms with van der Waals surface area (Å²) in [6.45, 7) is 6.13. The zero-order chi connectivity index (χ0) is 16.9. The fraction of sp³-hybridized carbons (Fsp3) is 0.444. The van der Waals surface area contributed by atoms with Crippen LogP contribution >= 0.6 is 0 Å². The van der Waals surface area contributed by atoms with E-state index in [-0.39, 0.29) is 12.1 Å². The molecule has 0 saturated carbocycles. The van der Waals surface area contributed by atoms with E-state index in [1.54, 1.807) is 10.9 Å². The van der Waals surface area contributed by atoms with Gasteiger partial charge in [0.2, 0.25) is 0 Å². The first-order chi connectivity index (χ1) is 11.6. The Hall–Kier alpha value is -2.34. The molecule has 1 aromatic heterocycles. The number of amides is 2. The summed E-state index contributed by atoms with van der Waals surface area (Å²) in [6.07, 6.45) is 3.70. The predicted molar refractivity (Wildman–Crippen MR) is 93.3 cm³/mol. The molecular formula is C18H25N5O. The molecule has 24 heavy (non-hydrogen) atoms. The van der Waals surface area contributed by atoms with Crippen LogP contribution in [-0.2, 0) is 20.1 Å². The lowest BCUT2D eigenvalue weighted by atomic mass is 10.1. The number of nitrogens with zero attached hydrogens (tertiary/aromatic N) is 4. The van der Waals surface area contributed by atoms with Crippen LogP contribution in [-0.4, -0.2) is 51.3 Å². The molecule has 1 aliphatic rings. The van der Waals surface area contributed by atoms with E-state index in [0.717, 1.165) is 31.7 Å². The first-order valence-electron chi connectivity index (χ1n) is 8.40. The Labute approximate surface area is 143 Å². The second kappa shape index (κ2) is 7.49. The summed E-state index contributed by atoms with van der Waals surface area (Å²) >= 11 is 0. The van der Waals surface area contributed by atoms with Crippen LogP contribution in [0.2, 0.25) is 0 Å². The molecule has 1 N–H and O–H groups in total. The average Bonchev–Trinajstić information content (AvgIpc) is 2.99. The van der Waals surface area contributed by atoms with Crippen molar-refractivity contribution in [1.29, 1.82) is 0 Å². The minimum Gasteiger partial charge on any atom is -0.334 e. The van der Waals surface area contributed by atoms with E-state index in [4.69, 9.17) is 0 Å². The number of urea groups is 1. The van der Waals surface area contributed by atoms with Gasteiger partial charge in [-0.2, -0.15) is 5.10 Å². The average molecular weight is 327 g/mol. The van der Waals surface area contributed by atoms with Crippen LogP contribution in [0.4, 0.5) is 4.79 Å². The molecular weight excluding hydrogens is 302 g/mol. The second-order valence-corrected chi connectivity index (χ2v) is 6.44. The molecule has 128 valence electrons. The number of nitrogens with one attached hydrogen (secondary N) is 1. The Morgan fingerprint density at radius 2 is 2.04 bits per heavy atom. The lowest BCUT2D eigenvalue weighted by molar-refractivity contribution is 0.0973. The second-order valence-electron chi connectivity index (χ2n) is 6.44. The summed E-state index contributed by atoms with van der Waals surface area (Å²) in [4.78, 5) is 16.8. The van der Waals surface area contributed by atoms with Gasteiger partial charge in [-0.25, -0.2) is 4.79 Å². The van der Waals surface area contributed by atoms with Crippen LogP contribution in [0.1, 0.15) is 18.1 Å². The maximum absolute atomic E-state index is 12.4. The number of hydrogen-bond acceptors (Lipinski definition) is 3. The quantitative estimate of drug-likeness (QED) is 0.932. The van der Waals surface area contributed by atoms with E-state index >= 15 is 0 Å². The van der Waals surface area contributed by atoms with Crippen molar-refractivity contribution in [3.05, 3.63) is 53.9 Å². The van der Waals surface area contributed by atoms with Gasteiger partial charge in [0.1, 0.15) is 0 Å². The predicted octanol–water partition coefficient (Wildman–Crippen LogP) is 1.84. The molecule has 2 heterocycles. The molecule has 1 aliphatic heterocycles. The van der Waals surface area contributed by atoms with Gasteiger partial charge in [-0.15, -0.1) is 0 Å². The molecule has 3 rings (SSSR count). The molecule has 0 spiro atoms. The van der Waals surface area contributed by atoms with Crippen LogP contribution in [0.5, 0.6) is 0 Å². The van der Waals surface area contributed by atoms with E-state index < -0.39 is 0 Å². The number of aryl methyl sites for hydroxylation is 1. The Balaban J connectivity index is 1.48. The van der Waals surface area contributed by atoms with Gasteiger partial charge >= 0.3 is 6.03 Å². The number of hydrogen-bond donors (Lipinski definition) is 1. The molecule has 0 radical (unpaired) electrons. The third kappa shape index (κ3) is 4.14. The molecule has 2 aromatic rings. The van der Waals surface area contributed by atoms with Crippen LogP contribution in [0, 0.1) is 0 Å². The van der Waals surface area contributed by atoms with Crippen LogP contribution in [0.15, 0.2) is 42.7 Å². The summed E-state index contributed by atoms with van der Waals surface area (Å²) in [7, 11) is 1.87. The van der Waals surface area contributed by atoms with Gasteiger partial charge in [0.25, 0.3) is 0 Å². The topological polar surface area (TPSA) is 53.4 Å². The van der Waals surface area contributed by atoms with E-state index in [9.17, 15) is 4.79 Å². The van der Waals surface area contributed by atoms with Crippen molar-refractivity contribution in [2.45, 2.75) is 26.1 Å². The minimum absolute atomic E-state index is 0.00529. The minimum atomic E-state index is 0.00529. The molecule has 1 atom stereocenters. The lowest BCUT2D eigenvalue weighted by Crippen LogP contribution is -2.56. The van der Waals surface area contributed by atoms with Crippen molar-refractivity contribution in [2.24, 2.45) is 7.05 Å². The third-order valence-corrected chi connectivity index (χ3v) is 4.42. The number of rotatable bonds is 4.